The summed E-state index contributed by atoms with van der Waals surface area (Å²) in [6.45, 7) is 13.3. The third kappa shape index (κ3) is 1.65. The van der Waals surface area contributed by atoms with E-state index in [0.717, 1.165) is 6.42 Å². The van der Waals surface area contributed by atoms with Crippen LogP contribution >= 0.6 is 0 Å². The molecule has 96 valence electrons. The van der Waals surface area contributed by atoms with Gasteiger partial charge in [0.15, 0.2) is 0 Å². The number of benzene rings is 1. The molecule has 1 aliphatic rings. The van der Waals surface area contributed by atoms with Crippen molar-refractivity contribution in [3.05, 3.63) is 40.5 Å². The third-order valence-corrected chi connectivity index (χ3v) is 4.53. The summed E-state index contributed by atoms with van der Waals surface area (Å²) in [6.07, 6.45) is 5.34. The van der Waals surface area contributed by atoms with Crippen molar-refractivity contribution in [1.82, 2.24) is 0 Å². The topological polar surface area (TPSA) is 12.4 Å². The first kappa shape index (κ1) is 13.1. The predicted molar refractivity (Wildman–Crippen MR) is 80.2 cm³/mol. The second-order valence-electron chi connectivity index (χ2n) is 5.52. The van der Waals surface area contributed by atoms with Gasteiger partial charge in [0.05, 0.1) is 11.4 Å². The summed E-state index contributed by atoms with van der Waals surface area (Å²) < 4.78 is 0. The Kier molecular flexibility index (Phi) is 3.18. The molecule has 1 aliphatic heterocycles. The van der Waals surface area contributed by atoms with Crippen LogP contribution in [0.2, 0.25) is 0 Å². The molecule has 0 aromatic heterocycles. The van der Waals surface area contributed by atoms with Gasteiger partial charge in [-0.2, -0.15) is 0 Å². The van der Waals surface area contributed by atoms with Crippen molar-refractivity contribution >= 4 is 11.4 Å². The maximum absolute atomic E-state index is 4.86. The molecule has 0 fully saturated rings. The van der Waals surface area contributed by atoms with Crippen LogP contribution in [0.4, 0.5) is 5.69 Å². The van der Waals surface area contributed by atoms with E-state index >= 15 is 0 Å². The largest absolute Gasteiger partial charge is 0.252 e. The zero-order valence-corrected chi connectivity index (χ0v) is 12.4. The van der Waals surface area contributed by atoms with Crippen molar-refractivity contribution in [2.45, 2.75) is 53.4 Å². The first-order valence-electron chi connectivity index (χ1n) is 6.78. The maximum atomic E-state index is 4.86. The molecule has 0 saturated heterocycles. The second-order valence-corrected chi connectivity index (χ2v) is 5.52. The van der Waals surface area contributed by atoms with E-state index in [0.29, 0.717) is 0 Å². The lowest BCUT2D eigenvalue weighted by atomic mass is 9.74. The lowest BCUT2D eigenvalue weighted by molar-refractivity contribution is 0.624. The number of allylic oxidation sites excluding steroid dienone is 2. The Labute approximate surface area is 111 Å². The SMILES string of the molecule is C/C=C/C1=Nc2cc(C)c(C)c(C)c2C1(C)CC. The van der Waals surface area contributed by atoms with Crippen molar-refractivity contribution in [3.8, 4) is 0 Å². The van der Waals surface area contributed by atoms with Crippen LogP contribution in [-0.2, 0) is 5.41 Å². The molecule has 0 saturated carbocycles. The van der Waals surface area contributed by atoms with Gasteiger partial charge in [-0.25, -0.2) is 0 Å². The van der Waals surface area contributed by atoms with Gasteiger partial charge in [0, 0.05) is 5.41 Å². The second kappa shape index (κ2) is 4.38. The molecular formula is C17H23N. The van der Waals surface area contributed by atoms with Gasteiger partial charge >= 0.3 is 0 Å². The van der Waals surface area contributed by atoms with Crippen LogP contribution in [0, 0.1) is 20.8 Å². The van der Waals surface area contributed by atoms with E-state index in [9.17, 15) is 0 Å². The summed E-state index contributed by atoms with van der Waals surface area (Å²) in [5.41, 5.74) is 8.05. The smallest absolute Gasteiger partial charge is 0.0680 e. The predicted octanol–water partition coefficient (Wildman–Crippen LogP) is 4.94. The molecule has 2 rings (SSSR count). The van der Waals surface area contributed by atoms with Gasteiger partial charge in [0.1, 0.15) is 0 Å². The number of nitrogens with zero attached hydrogens (tertiary/aromatic N) is 1. The molecule has 0 bridgehead atoms. The quantitative estimate of drug-likeness (QED) is 0.695. The maximum Gasteiger partial charge on any atom is 0.0680 e. The average molecular weight is 241 g/mol. The molecule has 0 N–H and O–H groups in total. The van der Waals surface area contributed by atoms with Crippen molar-refractivity contribution in [2.24, 2.45) is 4.99 Å². The van der Waals surface area contributed by atoms with E-state index in [1.807, 2.05) is 0 Å². The number of aryl methyl sites for hydroxylation is 1. The minimum atomic E-state index is 0.0738. The monoisotopic (exact) mass is 241 g/mol. The van der Waals surface area contributed by atoms with Gasteiger partial charge in [-0.3, -0.25) is 4.99 Å². The highest BCUT2D eigenvalue weighted by molar-refractivity contribution is 6.09. The number of aliphatic imine (C=N–C) groups is 1. The Morgan fingerprint density at radius 3 is 2.44 bits per heavy atom. The fourth-order valence-electron chi connectivity index (χ4n) is 2.96. The zero-order valence-electron chi connectivity index (χ0n) is 12.4. The molecule has 1 atom stereocenters. The number of fused-ring (bicyclic) bond motifs is 1. The Hall–Kier alpha value is -1.37. The fraction of sp³-hybridized carbons (Fsp3) is 0.471. The van der Waals surface area contributed by atoms with Crippen LogP contribution in [0.1, 0.15) is 49.4 Å². The molecule has 0 amide bonds. The van der Waals surface area contributed by atoms with E-state index in [-0.39, 0.29) is 5.41 Å². The van der Waals surface area contributed by atoms with Gasteiger partial charge in [-0.15, -0.1) is 0 Å². The highest BCUT2D eigenvalue weighted by Gasteiger charge is 2.38. The van der Waals surface area contributed by atoms with Crippen LogP contribution in [-0.4, -0.2) is 5.71 Å². The lowest BCUT2D eigenvalue weighted by Gasteiger charge is -2.27. The van der Waals surface area contributed by atoms with Crippen molar-refractivity contribution in [3.63, 3.8) is 0 Å². The van der Waals surface area contributed by atoms with E-state index in [2.05, 4.69) is 59.8 Å². The number of hydrogen-bond donors (Lipinski definition) is 0. The Balaban J connectivity index is 2.74. The van der Waals surface area contributed by atoms with Crippen molar-refractivity contribution in [1.29, 1.82) is 0 Å². The molecule has 0 radical (unpaired) electrons. The molecule has 18 heavy (non-hydrogen) atoms. The summed E-state index contributed by atoms with van der Waals surface area (Å²) in [7, 11) is 0. The average Bonchev–Trinajstić information content (AvgIpc) is 2.61. The van der Waals surface area contributed by atoms with Gasteiger partial charge in [0.25, 0.3) is 0 Å². The molecule has 1 heteroatoms. The van der Waals surface area contributed by atoms with Crippen LogP contribution in [0.5, 0.6) is 0 Å². The highest BCUT2D eigenvalue weighted by atomic mass is 14.8. The van der Waals surface area contributed by atoms with Crippen molar-refractivity contribution < 1.29 is 0 Å². The van der Waals surface area contributed by atoms with Crippen molar-refractivity contribution in [2.75, 3.05) is 0 Å². The van der Waals surface area contributed by atoms with Gasteiger partial charge < -0.3 is 0 Å². The summed E-state index contributed by atoms with van der Waals surface area (Å²) in [5.74, 6) is 0. The third-order valence-electron chi connectivity index (χ3n) is 4.53. The number of hydrogen-bond acceptors (Lipinski definition) is 1. The Bertz CT molecular complexity index is 549. The van der Waals surface area contributed by atoms with Gasteiger partial charge in [-0.1, -0.05) is 13.0 Å². The first-order chi connectivity index (χ1) is 8.45. The Morgan fingerprint density at radius 1 is 1.22 bits per heavy atom. The molecular weight excluding hydrogens is 218 g/mol. The number of rotatable bonds is 2. The summed E-state index contributed by atoms with van der Waals surface area (Å²) in [6, 6.07) is 2.24. The van der Waals surface area contributed by atoms with E-state index in [4.69, 9.17) is 4.99 Å². The zero-order chi connectivity index (χ0) is 13.5. The molecule has 1 heterocycles. The minimum absolute atomic E-state index is 0.0738. The summed E-state index contributed by atoms with van der Waals surface area (Å²) in [4.78, 5) is 4.86. The first-order valence-corrected chi connectivity index (χ1v) is 6.78. The normalized spacial score (nSPS) is 22.4. The van der Waals surface area contributed by atoms with E-state index in [1.165, 1.54) is 33.7 Å². The molecule has 1 aromatic rings. The van der Waals surface area contributed by atoms with E-state index in [1.54, 1.807) is 0 Å². The molecule has 1 aromatic carbocycles. The standard InChI is InChI=1S/C17H23N/c1-7-9-15-17(6,8-2)16-13(5)12(4)11(3)10-14(16)18-15/h7,9-10H,8H2,1-6H3/b9-7+. The van der Waals surface area contributed by atoms with Crippen LogP contribution in [0.25, 0.3) is 0 Å². The lowest BCUT2D eigenvalue weighted by Crippen LogP contribution is -2.28. The molecule has 1 unspecified atom stereocenters. The summed E-state index contributed by atoms with van der Waals surface area (Å²) in [5, 5.41) is 0. The molecule has 1 nitrogen and oxygen atoms in total. The Morgan fingerprint density at radius 2 is 1.89 bits per heavy atom. The summed E-state index contributed by atoms with van der Waals surface area (Å²) >= 11 is 0. The highest BCUT2D eigenvalue weighted by Crippen LogP contribution is 2.46. The van der Waals surface area contributed by atoms with Gasteiger partial charge in [0.2, 0.25) is 0 Å². The van der Waals surface area contributed by atoms with E-state index < -0.39 is 0 Å². The van der Waals surface area contributed by atoms with Gasteiger partial charge in [-0.05, 0) is 75.4 Å². The van der Waals surface area contributed by atoms with Crippen LogP contribution < -0.4 is 0 Å². The minimum Gasteiger partial charge on any atom is -0.252 e. The molecule has 0 spiro atoms. The van der Waals surface area contributed by atoms with Crippen LogP contribution in [0.15, 0.2) is 23.2 Å². The molecule has 0 aliphatic carbocycles. The van der Waals surface area contributed by atoms with Crippen LogP contribution in [0.3, 0.4) is 0 Å². The fourth-order valence-corrected chi connectivity index (χ4v) is 2.96.